The molecule has 0 heterocycles. The number of carbonyl (C=O) groups is 1. The molecule has 0 bridgehead atoms. The number of esters is 1. The van der Waals surface area contributed by atoms with Crippen LogP contribution < -0.4 is 4.31 Å². The molecule has 1 atom stereocenters. The largest absolute Gasteiger partial charge is 0.755 e. The van der Waals surface area contributed by atoms with Crippen molar-refractivity contribution < 1.29 is 23.4 Å². The van der Waals surface area contributed by atoms with E-state index in [-0.39, 0.29) is 11.3 Å². The summed E-state index contributed by atoms with van der Waals surface area (Å²) in [6, 6.07) is 4.06. The fourth-order valence-corrected chi connectivity index (χ4v) is 2.36. The van der Waals surface area contributed by atoms with Crippen molar-refractivity contribution in [3.8, 4) is 5.75 Å². The molecule has 2 rings (SSSR count). The second-order valence-corrected chi connectivity index (χ2v) is 5.29. The van der Waals surface area contributed by atoms with Crippen molar-refractivity contribution in [3.05, 3.63) is 23.8 Å². The van der Waals surface area contributed by atoms with E-state index in [1.807, 2.05) is 0 Å². The molecule has 104 valence electrons. The molecular weight excluding hydrogens is 270 g/mol. The molecule has 1 unspecified atom stereocenters. The van der Waals surface area contributed by atoms with E-state index in [2.05, 4.69) is 4.74 Å². The van der Waals surface area contributed by atoms with E-state index >= 15 is 0 Å². The van der Waals surface area contributed by atoms with E-state index < -0.39 is 17.2 Å². The molecule has 0 amide bonds. The lowest BCUT2D eigenvalue weighted by Crippen LogP contribution is -2.27. The van der Waals surface area contributed by atoms with Crippen molar-refractivity contribution in [2.45, 2.75) is 12.8 Å². The maximum atomic E-state index is 11.5. The Labute approximate surface area is 113 Å². The minimum absolute atomic E-state index is 0.0498. The van der Waals surface area contributed by atoms with E-state index in [1.165, 1.54) is 29.6 Å². The van der Waals surface area contributed by atoms with Crippen molar-refractivity contribution in [1.29, 1.82) is 0 Å². The Kier molecular flexibility index (Phi) is 4.06. The molecule has 6 nitrogen and oxygen atoms in total. The number of carbonyl (C=O) groups excluding carboxylic acids is 1. The molecular formula is C12H14NO5S-. The summed E-state index contributed by atoms with van der Waals surface area (Å²) in [6.45, 7) is 0.390. The third-order valence-corrected chi connectivity index (χ3v) is 3.69. The van der Waals surface area contributed by atoms with Crippen LogP contribution in [0.4, 0.5) is 5.69 Å². The first-order valence-electron chi connectivity index (χ1n) is 5.81. The summed E-state index contributed by atoms with van der Waals surface area (Å²) in [5, 5.41) is 9.58. The highest BCUT2D eigenvalue weighted by Gasteiger charge is 2.26. The number of ether oxygens (including phenoxy) is 1. The number of hydrogen-bond acceptors (Lipinski definition) is 5. The first kappa shape index (κ1) is 13.8. The summed E-state index contributed by atoms with van der Waals surface area (Å²) >= 11 is -2.42. The molecule has 1 fully saturated rings. The van der Waals surface area contributed by atoms with Gasteiger partial charge in [-0.05, 0) is 37.0 Å². The second kappa shape index (κ2) is 5.58. The lowest BCUT2D eigenvalue weighted by Gasteiger charge is -2.26. The SMILES string of the molecule is COC(=O)c1cc(N(CC2CC2)S(=O)[O-])ccc1O. The van der Waals surface area contributed by atoms with Crippen molar-refractivity contribution in [2.24, 2.45) is 5.92 Å². The smallest absolute Gasteiger partial charge is 0.341 e. The molecule has 0 radical (unpaired) electrons. The zero-order valence-corrected chi connectivity index (χ0v) is 11.2. The molecule has 0 saturated heterocycles. The number of phenolic OH excluding ortho intramolecular Hbond substituents is 1. The van der Waals surface area contributed by atoms with E-state index in [1.54, 1.807) is 0 Å². The van der Waals surface area contributed by atoms with Crippen LogP contribution in [0.2, 0.25) is 0 Å². The quantitative estimate of drug-likeness (QED) is 0.648. The number of rotatable bonds is 5. The summed E-state index contributed by atoms with van der Waals surface area (Å²) in [4.78, 5) is 11.5. The Morgan fingerprint density at radius 3 is 2.79 bits per heavy atom. The molecule has 1 aromatic rings. The highest BCUT2D eigenvalue weighted by atomic mass is 32.2. The van der Waals surface area contributed by atoms with Gasteiger partial charge in [-0.2, -0.15) is 0 Å². The number of phenols is 1. The molecule has 1 N–H and O–H groups in total. The first-order chi connectivity index (χ1) is 9.02. The lowest BCUT2D eigenvalue weighted by atomic mass is 10.1. The summed E-state index contributed by atoms with van der Waals surface area (Å²) in [7, 11) is 1.20. The van der Waals surface area contributed by atoms with Gasteiger partial charge in [-0.15, -0.1) is 0 Å². The number of hydrogen-bond donors (Lipinski definition) is 1. The van der Waals surface area contributed by atoms with Crippen molar-refractivity contribution in [1.82, 2.24) is 0 Å². The van der Waals surface area contributed by atoms with Gasteiger partial charge in [0.25, 0.3) is 0 Å². The van der Waals surface area contributed by atoms with Gasteiger partial charge >= 0.3 is 5.97 Å². The maximum Gasteiger partial charge on any atom is 0.341 e. The Morgan fingerprint density at radius 2 is 2.26 bits per heavy atom. The zero-order valence-electron chi connectivity index (χ0n) is 10.4. The topological polar surface area (TPSA) is 89.9 Å². The standard InChI is InChI=1S/C12H15NO5S/c1-18-12(15)10-6-9(4-5-11(10)14)13(19(16)17)7-8-2-3-8/h4-6,8,14H,2-3,7H2,1H3,(H,16,17)/p-1. The van der Waals surface area contributed by atoms with Gasteiger partial charge in [0.2, 0.25) is 0 Å². The molecule has 1 aliphatic rings. The molecule has 0 aromatic heterocycles. The van der Waals surface area contributed by atoms with E-state index in [4.69, 9.17) is 0 Å². The normalized spacial score (nSPS) is 15.9. The first-order valence-corrected chi connectivity index (χ1v) is 6.84. The minimum Gasteiger partial charge on any atom is -0.755 e. The fraction of sp³-hybridized carbons (Fsp3) is 0.417. The summed E-state index contributed by atoms with van der Waals surface area (Å²) in [5.74, 6) is -0.575. The van der Waals surface area contributed by atoms with Crippen LogP contribution in [-0.4, -0.2) is 33.5 Å². The van der Waals surface area contributed by atoms with Crippen LogP contribution in [0.3, 0.4) is 0 Å². The average Bonchev–Trinajstić information content (AvgIpc) is 3.19. The van der Waals surface area contributed by atoms with Crippen LogP contribution in [0.1, 0.15) is 23.2 Å². The Bertz CT molecular complexity index is 515. The predicted octanol–water partition coefficient (Wildman–Crippen LogP) is 1.19. The predicted molar refractivity (Wildman–Crippen MR) is 68.4 cm³/mol. The molecule has 1 aliphatic carbocycles. The molecule has 0 aliphatic heterocycles. The Morgan fingerprint density at radius 1 is 1.58 bits per heavy atom. The van der Waals surface area contributed by atoms with E-state index in [9.17, 15) is 18.7 Å². The highest BCUT2D eigenvalue weighted by molar-refractivity contribution is 7.80. The average molecular weight is 284 g/mol. The van der Waals surface area contributed by atoms with Gasteiger partial charge in [-0.25, -0.2) is 4.79 Å². The van der Waals surface area contributed by atoms with Crippen LogP contribution >= 0.6 is 0 Å². The van der Waals surface area contributed by atoms with Gasteiger partial charge in [0.15, 0.2) is 0 Å². The third kappa shape index (κ3) is 3.24. The highest BCUT2D eigenvalue weighted by Crippen LogP contribution is 2.33. The van der Waals surface area contributed by atoms with Crippen LogP contribution in [-0.2, 0) is 16.0 Å². The van der Waals surface area contributed by atoms with E-state index in [0.29, 0.717) is 18.2 Å². The Hall–Kier alpha value is -1.60. The van der Waals surface area contributed by atoms with Gasteiger partial charge in [0, 0.05) is 23.5 Å². The second-order valence-electron chi connectivity index (χ2n) is 4.41. The lowest BCUT2D eigenvalue weighted by molar-refractivity contribution is 0.0597. The minimum atomic E-state index is -2.42. The van der Waals surface area contributed by atoms with Crippen LogP contribution in [0, 0.1) is 5.92 Å². The van der Waals surface area contributed by atoms with Gasteiger partial charge in [-0.3, -0.25) is 4.21 Å². The Balaban J connectivity index is 2.31. The fourth-order valence-electron chi connectivity index (χ4n) is 1.74. The van der Waals surface area contributed by atoms with Crippen molar-refractivity contribution in [3.63, 3.8) is 0 Å². The monoisotopic (exact) mass is 284 g/mol. The maximum absolute atomic E-state index is 11.5. The zero-order chi connectivity index (χ0) is 14.0. The third-order valence-electron chi connectivity index (χ3n) is 2.97. The van der Waals surface area contributed by atoms with Crippen molar-refractivity contribution in [2.75, 3.05) is 18.0 Å². The van der Waals surface area contributed by atoms with Crippen LogP contribution in [0.5, 0.6) is 5.75 Å². The number of benzene rings is 1. The van der Waals surface area contributed by atoms with Crippen LogP contribution in [0.25, 0.3) is 0 Å². The number of aromatic hydroxyl groups is 1. The van der Waals surface area contributed by atoms with Crippen molar-refractivity contribution >= 4 is 22.9 Å². The molecule has 19 heavy (non-hydrogen) atoms. The number of methoxy groups -OCH3 is 1. The van der Waals surface area contributed by atoms with Gasteiger partial charge in [-0.1, -0.05) is 0 Å². The summed E-state index contributed by atoms with van der Waals surface area (Å²) in [6.07, 6.45) is 2.02. The number of nitrogens with zero attached hydrogens (tertiary/aromatic N) is 1. The number of anilines is 1. The summed E-state index contributed by atoms with van der Waals surface area (Å²) < 4.78 is 28.2. The van der Waals surface area contributed by atoms with Gasteiger partial charge < -0.3 is 18.7 Å². The van der Waals surface area contributed by atoms with Gasteiger partial charge in [0.05, 0.1) is 7.11 Å². The molecule has 1 saturated carbocycles. The molecule has 1 aromatic carbocycles. The molecule has 0 spiro atoms. The summed E-state index contributed by atoms with van der Waals surface area (Å²) in [5.41, 5.74) is 0.296. The molecule has 7 heteroatoms. The van der Waals surface area contributed by atoms with E-state index in [0.717, 1.165) is 12.8 Å². The van der Waals surface area contributed by atoms with Gasteiger partial charge in [0.1, 0.15) is 11.3 Å². The van der Waals surface area contributed by atoms with Crippen LogP contribution in [0.15, 0.2) is 18.2 Å².